The van der Waals surface area contributed by atoms with Crippen LogP contribution in [0.5, 0.6) is 0 Å². The van der Waals surface area contributed by atoms with Crippen molar-refractivity contribution in [2.45, 2.75) is 26.1 Å². The van der Waals surface area contributed by atoms with Crippen LogP contribution in [0.4, 0.5) is 13.2 Å². The van der Waals surface area contributed by atoms with E-state index in [4.69, 9.17) is 5.84 Å². The van der Waals surface area contributed by atoms with E-state index >= 15 is 0 Å². The summed E-state index contributed by atoms with van der Waals surface area (Å²) in [5.74, 6) is 5.45. The van der Waals surface area contributed by atoms with Crippen molar-refractivity contribution in [1.29, 1.82) is 0 Å². The van der Waals surface area contributed by atoms with Crippen LogP contribution in [0.25, 0.3) is 0 Å². The summed E-state index contributed by atoms with van der Waals surface area (Å²) in [7, 11) is 0. The number of alkyl halides is 3. The van der Waals surface area contributed by atoms with Gasteiger partial charge in [0.2, 0.25) is 0 Å². The standard InChI is InChI=1S/C11H15F3N2/c1-7(2)10(16-15)8-4-3-5-9(6-8)11(12,13)14/h3-7,10,16H,15H2,1-2H3. The highest BCUT2D eigenvalue weighted by molar-refractivity contribution is 5.28. The van der Waals surface area contributed by atoms with Gasteiger partial charge in [-0.25, -0.2) is 0 Å². The van der Waals surface area contributed by atoms with Crippen molar-refractivity contribution in [3.8, 4) is 0 Å². The number of hydrogen-bond acceptors (Lipinski definition) is 2. The molecule has 5 heteroatoms. The van der Waals surface area contributed by atoms with Gasteiger partial charge in [-0.05, 0) is 23.6 Å². The van der Waals surface area contributed by atoms with Gasteiger partial charge in [-0.3, -0.25) is 11.3 Å². The molecule has 1 rings (SSSR count). The van der Waals surface area contributed by atoms with Crippen LogP contribution >= 0.6 is 0 Å². The molecule has 0 aliphatic carbocycles. The molecule has 0 bridgehead atoms. The van der Waals surface area contributed by atoms with Gasteiger partial charge in [0, 0.05) is 6.04 Å². The monoisotopic (exact) mass is 232 g/mol. The van der Waals surface area contributed by atoms with Crippen LogP contribution in [-0.2, 0) is 6.18 Å². The molecule has 0 amide bonds. The van der Waals surface area contributed by atoms with Crippen molar-refractivity contribution in [3.05, 3.63) is 35.4 Å². The topological polar surface area (TPSA) is 38.0 Å². The number of nitrogens with two attached hydrogens (primary N) is 1. The lowest BCUT2D eigenvalue weighted by Crippen LogP contribution is -2.31. The minimum Gasteiger partial charge on any atom is -0.271 e. The molecule has 1 unspecified atom stereocenters. The Bertz CT molecular complexity index is 347. The zero-order chi connectivity index (χ0) is 12.3. The fraction of sp³-hybridized carbons (Fsp3) is 0.455. The van der Waals surface area contributed by atoms with Crippen LogP contribution in [0.15, 0.2) is 24.3 Å². The zero-order valence-electron chi connectivity index (χ0n) is 9.18. The maximum atomic E-state index is 12.5. The Balaban J connectivity index is 3.07. The average molecular weight is 232 g/mol. The molecular formula is C11H15F3N2. The predicted molar refractivity (Wildman–Crippen MR) is 56.3 cm³/mol. The van der Waals surface area contributed by atoms with Gasteiger partial charge in [0.05, 0.1) is 5.56 Å². The van der Waals surface area contributed by atoms with Gasteiger partial charge >= 0.3 is 6.18 Å². The largest absolute Gasteiger partial charge is 0.416 e. The van der Waals surface area contributed by atoms with Crippen molar-refractivity contribution in [3.63, 3.8) is 0 Å². The molecule has 3 N–H and O–H groups in total. The molecule has 1 aromatic rings. The third kappa shape index (κ3) is 2.96. The lowest BCUT2D eigenvalue weighted by Gasteiger charge is -2.21. The van der Waals surface area contributed by atoms with E-state index < -0.39 is 11.7 Å². The molecule has 0 radical (unpaired) electrons. The lowest BCUT2D eigenvalue weighted by molar-refractivity contribution is -0.137. The Labute approximate surface area is 92.6 Å². The average Bonchev–Trinajstić information content (AvgIpc) is 2.17. The SMILES string of the molecule is CC(C)C(NN)c1cccc(C(F)(F)F)c1. The molecule has 0 spiro atoms. The number of hydrogen-bond donors (Lipinski definition) is 2. The molecule has 90 valence electrons. The van der Waals surface area contributed by atoms with E-state index in [-0.39, 0.29) is 12.0 Å². The van der Waals surface area contributed by atoms with Crippen molar-refractivity contribution >= 4 is 0 Å². The highest BCUT2D eigenvalue weighted by Crippen LogP contribution is 2.31. The second-order valence-electron chi connectivity index (χ2n) is 4.01. The fourth-order valence-corrected chi connectivity index (χ4v) is 1.58. The highest BCUT2D eigenvalue weighted by Gasteiger charge is 2.31. The fourth-order valence-electron chi connectivity index (χ4n) is 1.58. The third-order valence-electron chi connectivity index (χ3n) is 2.42. The van der Waals surface area contributed by atoms with Gasteiger partial charge in [0.15, 0.2) is 0 Å². The van der Waals surface area contributed by atoms with Crippen LogP contribution in [-0.4, -0.2) is 0 Å². The molecule has 0 saturated carbocycles. The van der Waals surface area contributed by atoms with Crippen molar-refractivity contribution in [2.24, 2.45) is 11.8 Å². The first kappa shape index (κ1) is 13.0. The van der Waals surface area contributed by atoms with Gasteiger partial charge in [-0.1, -0.05) is 26.0 Å². The van der Waals surface area contributed by atoms with E-state index in [2.05, 4.69) is 5.43 Å². The summed E-state index contributed by atoms with van der Waals surface area (Å²) in [4.78, 5) is 0. The Kier molecular flexibility index (Phi) is 3.93. The van der Waals surface area contributed by atoms with Gasteiger partial charge in [0.25, 0.3) is 0 Å². The molecule has 1 atom stereocenters. The molecule has 1 aromatic carbocycles. The zero-order valence-corrected chi connectivity index (χ0v) is 9.18. The van der Waals surface area contributed by atoms with Gasteiger partial charge in [-0.15, -0.1) is 0 Å². The van der Waals surface area contributed by atoms with Gasteiger partial charge in [-0.2, -0.15) is 13.2 Å². The van der Waals surface area contributed by atoms with E-state index in [0.29, 0.717) is 5.56 Å². The Hall–Kier alpha value is -1.07. The lowest BCUT2D eigenvalue weighted by atomic mass is 9.95. The maximum Gasteiger partial charge on any atom is 0.416 e. The highest BCUT2D eigenvalue weighted by atomic mass is 19.4. The van der Waals surface area contributed by atoms with E-state index in [1.165, 1.54) is 6.07 Å². The summed E-state index contributed by atoms with van der Waals surface area (Å²) in [6.07, 6.45) is -4.31. The van der Waals surface area contributed by atoms with E-state index in [0.717, 1.165) is 12.1 Å². The van der Waals surface area contributed by atoms with Crippen molar-refractivity contribution in [2.75, 3.05) is 0 Å². The summed E-state index contributed by atoms with van der Waals surface area (Å²) in [5, 5.41) is 0. The molecule has 0 aromatic heterocycles. The molecule has 0 fully saturated rings. The molecule has 0 aliphatic rings. The molecule has 16 heavy (non-hydrogen) atoms. The number of hydrazine groups is 1. The Morgan fingerprint density at radius 3 is 2.31 bits per heavy atom. The molecule has 2 nitrogen and oxygen atoms in total. The first-order valence-electron chi connectivity index (χ1n) is 4.99. The summed E-state index contributed by atoms with van der Waals surface area (Å²) in [6.45, 7) is 3.79. The second-order valence-corrected chi connectivity index (χ2v) is 4.01. The normalized spacial score (nSPS) is 14.2. The number of nitrogens with one attached hydrogen (secondary N) is 1. The third-order valence-corrected chi connectivity index (χ3v) is 2.42. The van der Waals surface area contributed by atoms with E-state index in [9.17, 15) is 13.2 Å². The number of rotatable bonds is 3. The van der Waals surface area contributed by atoms with Crippen molar-refractivity contribution in [1.82, 2.24) is 5.43 Å². The van der Waals surface area contributed by atoms with Crippen LogP contribution in [0, 0.1) is 5.92 Å². The number of halogens is 3. The van der Waals surface area contributed by atoms with E-state index in [1.807, 2.05) is 13.8 Å². The molecule has 0 saturated heterocycles. The summed E-state index contributed by atoms with van der Waals surface area (Å²) < 4.78 is 37.5. The van der Waals surface area contributed by atoms with E-state index in [1.54, 1.807) is 6.07 Å². The van der Waals surface area contributed by atoms with Gasteiger partial charge < -0.3 is 0 Å². The maximum absolute atomic E-state index is 12.5. The van der Waals surface area contributed by atoms with Crippen LogP contribution < -0.4 is 11.3 Å². The molecule has 0 aliphatic heterocycles. The minimum atomic E-state index is -4.31. The minimum absolute atomic E-state index is 0.119. The van der Waals surface area contributed by atoms with Crippen molar-refractivity contribution < 1.29 is 13.2 Å². The van der Waals surface area contributed by atoms with Crippen LogP contribution in [0.3, 0.4) is 0 Å². The summed E-state index contributed by atoms with van der Waals surface area (Å²) in [5.41, 5.74) is 2.43. The number of benzene rings is 1. The van der Waals surface area contributed by atoms with Crippen LogP contribution in [0.1, 0.15) is 31.0 Å². The molecular weight excluding hydrogens is 217 g/mol. The Morgan fingerprint density at radius 1 is 1.25 bits per heavy atom. The molecule has 0 heterocycles. The summed E-state index contributed by atoms with van der Waals surface area (Å²) >= 11 is 0. The second kappa shape index (κ2) is 4.84. The first-order chi connectivity index (χ1) is 7.36. The predicted octanol–water partition coefficient (Wildman–Crippen LogP) is 2.87. The quantitative estimate of drug-likeness (QED) is 0.621. The Morgan fingerprint density at radius 2 is 1.88 bits per heavy atom. The smallest absolute Gasteiger partial charge is 0.271 e. The van der Waals surface area contributed by atoms with Crippen LogP contribution in [0.2, 0.25) is 0 Å². The first-order valence-corrected chi connectivity index (χ1v) is 4.99. The van der Waals surface area contributed by atoms with Gasteiger partial charge in [0.1, 0.15) is 0 Å². The summed E-state index contributed by atoms with van der Waals surface area (Å²) in [6, 6.07) is 4.94.